The average molecular weight is 473 g/mol. The maximum atomic E-state index is 8.47. The van der Waals surface area contributed by atoms with Gasteiger partial charge in [0.05, 0.1) is 0 Å². The van der Waals surface area contributed by atoms with E-state index in [0.29, 0.717) is 0 Å². The first kappa shape index (κ1) is 22.2. The SMILES string of the molecule is N#C[S][Pt-2]([S]C#N)([S]C#N)[S]C#N.[Na+].[Na+]. The van der Waals surface area contributed by atoms with E-state index in [4.69, 9.17) is 21.0 Å². The van der Waals surface area contributed by atoms with Gasteiger partial charge in [-0.25, -0.2) is 0 Å². The van der Waals surface area contributed by atoms with Gasteiger partial charge in [-0.3, -0.25) is 0 Å². The van der Waals surface area contributed by atoms with Gasteiger partial charge in [-0.1, -0.05) is 0 Å². The summed E-state index contributed by atoms with van der Waals surface area (Å²) in [5.74, 6) is 0. The summed E-state index contributed by atoms with van der Waals surface area (Å²) in [4.78, 5) is 0. The molecule has 0 rings (SSSR count). The molecule has 0 radical (unpaired) electrons. The van der Waals surface area contributed by atoms with Gasteiger partial charge in [0, 0.05) is 0 Å². The molecule has 0 aliphatic rings. The summed E-state index contributed by atoms with van der Waals surface area (Å²) in [6, 6.07) is 0. The first-order valence-electron chi connectivity index (χ1n) is 2.23. The average Bonchev–Trinajstić information content (AvgIpc) is 2.06. The van der Waals surface area contributed by atoms with Crippen molar-refractivity contribution in [1.82, 2.24) is 0 Å². The normalized spacial score (nSPS) is 8.80. The fraction of sp³-hybridized carbons (Fsp3) is 0. The molecular formula is C4N4Na2PtS4. The second-order valence-corrected chi connectivity index (χ2v) is 30.7. The molecule has 0 aromatic carbocycles. The molecule has 4 nitrogen and oxygen atoms in total. The molecule has 11 heteroatoms. The van der Waals surface area contributed by atoms with Gasteiger partial charge in [-0.05, 0) is 0 Å². The summed E-state index contributed by atoms with van der Waals surface area (Å²) in [5.41, 5.74) is 0. The van der Waals surface area contributed by atoms with Crippen molar-refractivity contribution < 1.29 is 70.1 Å². The van der Waals surface area contributed by atoms with Crippen molar-refractivity contribution in [2.24, 2.45) is 0 Å². The molecule has 0 fully saturated rings. The summed E-state index contributed by atoms with van der Waals surface area (Å²) < 4.78 is 0. The number of hydrogen-bond acceptors (Lipinski definition) is 8. The van der Waals surface area contributed by atoms with Crippen LogP contribution >= 0.6 is 37.9 Å². The molecule has 0 bridgehead atoms. The molecule has 0 amide bonds. The number of thiocyanates is 4. The van der Waals surface area contributed by atoms with Crippen LogP contribution in [0.4, 0.5) is 0 Å². The van der Waals surface area contributed by atoms with Crippen LogP contribution in [0.1, 0.15) is 0 Å². The maximum absolute atomic E-state index is 8.47. The third kappa shape index (κ3) is 9.72. The fourth-order valence-corrected chi connectivity index (χ4v) is 16.2. The van der Waals surface area contributed by atoms with Gasteiger partial charge in [0.15, 0.2) is 0 Å². The molecule has 0 saturated carbocycles. The van der Waals surface area contributed by atoms with Crippen molar-refractivity contribution in [2.75, 3.05) is 0 Å². The number of nitriles is 4. The summed E-state index contributed by atoms with van der Waals surface area (Å²) in [7, 11) is 0.598. The third-order valence-electron chi connectivity index (χ3n) is 0.432. The Bertz CT molecular complexity index is 269. The van der Waals surface area contributed by atoms with E-state index in [1.165, 1.54) is 0 Å². The zero-order valence-corrected chi connectivity index (χ0v) is 17.3. The standard InChI is InChI=1S/4CHNS.2Na.Pt/c4*2-1-3;;;/h4*3H;;;/q;;;;2*+1;+2/p-4. The molecule has 0 atom stereocenters. The predicted octanol–water partition coefficient (Wildman–Crippen LogP) is -3.33. The van der Waals surface area contributed by atoms with Crippen molar-refractivity contribution in [3.63, 3.8) is 0 Å². The third-order valence-corrected chi connectivity index (χ3v) is 26.1. The number of nitrogens with zero attached hydrogens (tertiary/aromatic N) is 4. The van der Waals surface area contributed by atoms with Gasteiger partial charge >= 0.3 is 151 Å². The molecule has 0 saturated heterocycles. The van der Waals surface area contributed by atoms with Gasteiger partial charge in [-0.2, -0.15) is 0 Å². The molecule has 0 heterocycles. The van der Waals surface area contributed by atoms with Crippen LogP contribution in [0.25, 0.3) is 0 Å². The monoisotopic (exact) mass is 473 g/mol. The van der Waals surface area contributed by atoms with E-state index >= 15 is 0 Å². The molecule has 0 N–H and O–H groups in total. The molecule has 0 aromatic heterocycles. The number of rotatable bonds is 4. The van der Waals surface area contributed by atoms with Gasteiger partial charge in [0.25, 0.3) is 0 Å². The minimum Gasteiger partial charge on any atom is 1.00 e. The van der Waals surface area contributed by atoms with Crippen molar-refractivity contribution in [3.05, 3.63) is 0 Å². The quantitative estimate of drug-likeness (QED) is 0.309. The van der Waals surface area contributed by atoms with Crippen molar-refractivity contribution >= 4 is 37.9 Å². The zero-order chi connectivity index (χ0) is 10.2. The minimum atomic E-state index is -3.02. The first-order chi connectivity index (χ1) is 6.24. The second kappa shape index (κ2) is 14.1. The van der Waals surface area contributed by atoms with Crippen LogP contribution in [0.2, 0.25) is 0 Å². The molecular weight excluding hydrogens is 473 g/mol. The van der Waals surface area contributed by atoms with Crippen LogP contribution in [0.15, 0.2) is 0 Å². The van der Waals surface area contributed by atoms with Gasteiger partial charge in [-0.15, -0.1) is 0 Å². The fourth-order valence-electron chi connectivity index (χ4n) is 0.220. The van der Waals surface area contributed by atoms with Crippen molar-refractivity contribution in [2.45, 2.75) is 0 Å². The largest absolute Gasteiger partial charge is 1.00 e. The smallest absolute Gasteiger partial charge is 1.00 e. The van der Waals surface area contributed by atoms with Crippen LogP contribution in [0.3, 0.4) is 0 Å². The Labute approximate surface area is 147 Å². The Morgan fingerprint density at radius 2 is 0.800 bits per heavy atom. The molecule has 0 unspecified atom stereocenters. The maximum Gasteiger partial charge on any atom is 1.00 e. The Balaban J connectivity index is -0.000000720. The van der Waals surface area contributed by atoms with E-state index in [1.807, 2.05) is 21.6 Å². The van der Waals surface area contributed by atoms with Crippen LogP contribution in [0.5, 0.6) is 0 Å². The van der Waals surface area contributed by atoms with E-state index in [-0.39, 0.29) is 59.1 Å². The topological polar surface area (TPSA) is 95.2 Å². The zero-order valence-electron chi connectivity index (χ0n) is 7.74. The van der Waals surface area contributed by atoms with E-state index < -0.39 is 10.9 Å². The van der Waals surface area contributed by atoms with Crippen LogP contribution < -0.4 is 59.1 Å². The van der Waals surface area contributed by atoms with E-state index in [1.54, 1.807) is 0 Å². The molecule has 0 aliphatic heterocycles. The van der Waals surface area contributed by atoms with Crippen molar-refractivity contribution in [1.29, 1.82) is 21.0 Å². The Morgan fingerprint density at radius 3 is 0.933 bits per heavy atom. The Hall–Kier alpha value is 2.05. The van der Waals surface area contributed by atoms with Crippen LogP contribution in [0, 0.1) is 42.7 Å². The second-order valence-electron chi connectivity index (χ2n) is 0.940. The molecule has 15 heavy (non-hydrogen) atoms. The minimum absolute atomic E-state index is 0. The summed E-state index contributed by atoms with van der Waals surface area (Å²) in [5, 5.41) is 41.3. The van der Waals surface area contributed by atoms with E-state index in [9.17, 15) is 0 Å². The molecule has 0 spiro atoms. The van der Waals surface area contributed by atoms with Crippen LogP contribution in [-0.2, 0) is 10.9 Å². The predicted molar refractivity (Wildman–Crippen MR) is 52.8 cm³/mol. The van der Waals surface area contributed by atoms with Gasteiger partial charge in [0.1, 0.15) is 0 Å². The van der Waals surface area contributed by atoms with E-state index in [2.05, 4.69) is 0 Å². The summed E-state index contributed by atoms with van der Waals surface area (Å²) >= 11 is 0. The summed E-state index contributed by atoms with van der Waals surface area (Å²) in [6.07, 6.45) is 0. The van der Waals surface area contributed by atoms with Crippen LogP contribution in [-0.4, -0.2) is 0 Å². The number of hydrogen-bond donors (Lipinski definition) is 0. The molecule has 0 aromatic rings. The van der Waals surface area contributed by atoms with Gasteiger partial charge in [0.2, 0.25) is 0 Å². The Kier molecular flexibility index (Phi) is 20.9. The summed E-state index contributed by atoms with van der Waals surface area (Å²) in [6.45, 7) is 0. The van der Waals surface area contributed by atoms with Gasteiger partial charge < -0.3 is 0 Å². The van der Waals surface area contributed by atoms with E-state index in [0.717, 1.165) is 37.9 Å². The Morgan fingerprint density at radius 1 is 0.600 bits per heavy atom. The molecule has 72 valence electrons. The van der Waals surface area contributed by atoms with Crippen molar-refractivity contribution in [3.8, 4) is 21.6 Å². The first-order valence-corrected chi connectivity index (χ1v) is 16.0. The molecule has 0 aliphatic carbocycles.